The number of hydrogen-bond donors (Lipinski definition) is 1. The van der Waals surface area contributed by atoms with Gasteiger partial charge in [-0.2, -0.15) is 4.80 Å². The van der Waals surface area contributed by atoms with E-state index in [1.807, 2.05) is 36.4 Å². The zero-order valence-corrected chi connectivity index (χ0v) is 18.3. The maximum absolute atomic E-state index is 12.2. The summed E-state index contributed by atoms with van der Waals surface area (Å²) in [4.78, 5) is 13.8. The Labute approximate surface area is 192 Å². The average molecular weight is 440 g/mol. The SMILES string of the molecule is O=C(CCCn1nnc(-c2ccccc2)n1)NCc1ccc(-c2ccc3c(c2)CCO3)cc1. The minimum Gasteiger partial charge on any atom is -0.493 e. The van der Waals surface area contributed by atoms with Crippen LogP contribution in [0.15, 0.2) is 72.8 Å². The minimum atomic E-state index is 0.0149. The van der Waals surface area contributed by atoms with Crippen LogP contribution < -0.4 is 10.1 Å². The topological polar surface area (TPSA) is 81.9 Å². The van der Waals surface area contributed by atoms with Gasteiger partial charge in [0.1, 0.15) is 5.75 Å². The van der Waals surface area contributed by atoms with Crippen molar-refractivity contribution >= 4 is 5.91 Å². The first-order chi connectivity index (χ1) is 16.2. The van der Waals surface area contributed by atoms with Crippen molar-refractivity contribution < 1.29 is 9.53 Å². The molecule has 166 valence electrons. The van der Waals surface area contributed by atoms with Crippen molar-refractivity contribution in [3.63, 3.8) is 0 Å². The van der Waals surface area contributed by atoms with Crippen molar-refractivity contribution in [3.05, 3.63) is 83.9 Å². The van der Waals surface area contributed by atoms with Crippen molar-refractivity contribution in [2.45, 2.75) is 32.4 Å². The van der Waals surface area contributed by atoms with Gasteiger partial charge in [0.2, 0.25) is 11.7 Å². The van der Waals surface area contributed by atoms with E-state index in [-0.39, 0.29) is 5.91 Å². The Kier molecular flexibility index (Phi) is 6.10. The number of benzene rings is 3. The van der Waals surface area contributed by atoms with Crippen LogP contribution in [0, 0.1) is 0 Å². The molecule has 0 saturated carbocycles. The lowest BCUT2D eigenvalue weighted by Gasteiger charge is -2.08. The Morgan fingerprint density at radius 3 is 2.64 bits per heavy atom. The first-order valence-corrected chi connectivity index (χ1v) is 11.2. The van der Waals surface area contributed by atoms with E-state index in [9.17, 15) is 4.79 Å². The molecule has 0 saturated heterocycles. The number of aryl methyl sites for hydroxylation is 1. The average Bonchev–Trinajstić information content (AvgIpc) is 3.53. The second kappa shape index (κ2) is 9.65. The number of hydrogen-bond acceptors (Lipinski definition) is 5. The number of carbonyl (C=O) groups is 1. The highest BCUT2D eigenvalue weighted by molar-refractivity contribution is 5.75. The van der Waals surface area contributed by atoms with E-state index in [1.165, 1.54) is 11.1 Å². The molecule has 5 rings (SSSR count). The van der Waals surface area contributed by atoms with Gasteiger partial charge in [0.25, 0.3) is 0 Å². The molecule has 7 nitrogen and oxygen atoms in total. The summed E-state index contributed by atoms with van der Waals surface area (Å²) in [6.45, 7) is 1.83. The summed E-state index contributed by atoms with van der Waals surface area (Å²) < 4.78 is 5.58. The van der Waals surface area contributed by atoms with Gasteiger partial charge in [0.15, 0.2) is 0 Å². The highest BCUT2D eigenvalue weighted by atomic mass is 16.5. The lowest BCUT2D eigenvalue weighted by Crippen LogP contribution is -2.22. The molecule has 0 unspecified atom stereocenters. The molecule has 33 heavy (non-hydrogen) atoms. The van der Waals surface area contributed by atoms with Crippen LogP contribution in [-0.4, -0.2) is 32.7 Å². The third kappa shape index (κ3) is 5.09. The van der Waals surface area contributed by atoms with Gasteiger partial charge in [-0.25, -0.2) is 0 Å². The lowest BCUT2D eigenvalue weighted by atomic mass is 10.0. The van der Waals surface area contributed by atoms with Crippen LogP contribution in [0.4, 0.5) is 0 Å². The highest BCUT2D eigenvalue weighted by Gasteiger charge is 2.12. The fourth-order valence-electron chi connectivity index (χ4n) is 3.89. The summed E-state index contributed by atoms with van der Waals surface area (Å²) >= 11 is 0. The fraction of sp³-hybridized carbons (Fsp3) is 0.231. The van der Waals surface area contributed by atoms with Crippen LogP contribution in [0.3, 0.4) is 0 Å². The number of amides is 1. The summed E-state index contributed by atoms with van der Waals surface area (Å²) in [6, 6.07) is 24.4. The monoisotopic (exact) mass is 439 g/mol. The van der Waals surface area contributed by atoms with Crippen LogP contribution in [0.2, 0.25) is 0 Å². The maximum atomic E-state index is 12.2. The van der Waals surface area contributed by atoms with Crippen molar-refractivity contribution in [1.29, 1.82) is 0 Å². The predicted molar refractivity (Wildman–Crippen MR) is 125 cm³/mol. The highest BCUT2D eigenvalue weighted by Crippen LogP contribution is 2.30. The molecule has 0 bridgehead atoms. The van der Waals surface area contributed by atoms with Gasteiger partial charge in [0, 0.05) is 24.9 Å². The van der Waals surface area contributed by atoms with E-state index in [0.717, 1.165) is 35.5 Å². The van der Waals surface area contributed by atoms with E-state index < -0.39 is 0 Å². The van der Waals surface area contributed by atoms with Gasteiger partial charge in [-0.1, -0.05) is 60.7 Å². The van der Waals surface area contributed by atoms with Crippen molar-refractivity contribution in [3.8, 4) is 28.3 Å². The van der Waals surface area contributed by atoms with Crippen molar-refractivity contribution in [2.75, 3.05) is 6.61 Å². The molecule has 0 atom stereocenters. The Morgan fingerprint density at radius 1 is 0.970 bits per heavy atom. The number of nitrogens with one attached hydrogen (secondary N) is 1. The van der Waals surface area contributed by atoms with E-state index in [0.29, 0.717) is 31.8 Å². The standard InChI is InChI=1S/C26H25N5O2/c32-25(7-4-15-31-29-26(28-30-31)21-5-2-1-3-6-21)27-18-19-8-10-20(11-9-19)22-12-13-24-23(17-22)14-16-33-24/h1-3,5-6,8-13,17H,4,7,14-16,18H2,(H,27,32). The minimum absolute atomic E-state index is 0.0149. The Morgan fingerprint density at radius 2 is 1.79 bits per heavy atom. The van der Waals surface area contributed by atoms with Crippen molar-refractivity contribution in [1.82, 2.24) is 25.5 Å². The smallest absolute Gasteiger partial charge is 0.220 e. The number of aromatic nitrogens is 4. The Bertz CT molecular complexity index is 1240. The molecule has 1 N–H and O–H groups in total. The van der Waals surface area contributed by atoms with Gasteiger partial charge >= 0.3 is 0 Å². The number of tetrazole rings is 1. The predicted octanol–water partition coefficient (Wildman–Crippen LogP) is 4.04. The quantitative estimate of drug-likeness (QED) is 0.448. The zero-order chi connectivity index (χ0) is 22.5. The third-order valence-electron chi connectivity index (χ3n) is 5.71. The molecule has 7 heteroatoms. The normalized spacial score (nSPS) is 12.2. The van der Waals surface area contributed by atoms with E-state index in [2.05, 4.69) is 57.1 Å². The van der Waals surface area contributed by atoms with Crippen LogP contribution in [0.25, 0.3) is 22.5 Å². The zero-order valence-electron chi connectivity index (χ0n) is 18.3. The molecule has 0 fully saturated rings. The third-order valence-corrected chi connectivity index (χ3v) is 5.71. The molecular weight excluding hydrogens is 414 g/mol. The first kappa shape index (κ1) is 20.9. The molecule has 2 heterocycles. The molecular formula is C26H25N5O2. The number of fused-ring (bicyclic) bond motifs is 1. The number of nitrogens with zero attached hydrogens (tertiary/aromatic N) is 4. The summed E-state index contributed by atoms with van der Waals surface area (Å²) in [5.41, 5.74) is 5.61. The molecule has 0 spiro atoms. The molecule has 3 aromatic carbocycles. The molecule has 4 aromatic rings. The molecule has 1 aliphatic heterocycles. The van der Waals surface area contributed by atoms with Crippen LogP contribution in [0.5, 0.6) is 5.75 Å². The summed E-state index contributed by atoms with van der Waals surface area (Å²) in [5, 5.41) is 15.5. The van der Waals surface area contributed by atoms with E-state index in [1.54, 1.807) is 4.80 Å². The van der Waals surface area contributed by atoms with Gasteiger partial charge in [-0.15, -0.1) is 10.2 Å². The Balaban J connectivity index is 1.07. The van der Waals surface area contributed by atoms with E-state index >= 15 is 0 Å². The van der Waals surface area contributed by atoms with Gasteiger partial charge in [-0.05, 0) is 46.0 Å². The molecule has 1 aromatic heterocycles. The van der Waals surface area contributed by atoms with Crippen molar-refractivity contribution in [2.24, 2.45) is 0 Å². The van der Waals surface area contributed by atoms with Gasteiger partial charge < -0.3 is 10.1 Å². The molecule has 1 aliphatic rings. The number of ether oxygens (including phenoxy) is 1. The summed E-state index contributed by atoms with van der Waals surface area (Å²) in [5.74, 6) is 1.60. The molecule has 0 aliphatic carbocycles. The molecule has 1 amide bonds. The van der Waals surface area contributed by atoms with Gasteiger partial charge in [-0.3, -0.25) is 4.79 Å². The van der Waals surface area contributed by atoms with Crippen LogP contribution in [0.1, 0.15) is 24.0 Å². The maximum Gasteiger partial charge on any atom is 0.220 e. The number of rotatable bonds is 8. The van der Waals surface area contributed by atoms with Gasteiger partial charge in [0.05, 0.1) is 13.2 Å². The van der Waals surface area contributed by atoms with Crippen LogP contribution >= 0.6 is 0 Å². The first-order valence-electron chi connectivity index (χ1n) is 11.2. The molecule has 0 radical (unpaired) electrons. The van der Waals surface area contributed by atoms with Crippen LogP contribution in [-0.2, 0) is 24.3 Å². The van der Waals surface area contributed by atoms with E-state index in [4.69, 9.17) is 4.74 Å². The lowest BCUT2D eigenvalue weighted by molar-refractivity contribution is -0.121. The second-order valence-corrected chi connectivity index (χ2v) is 8.07. The second-order valence-electron chi connectivity index (χ2n) is 8.07. The summed E-state index contributed by atoms with van der Waals surface area (Å²) in [7, 11) is 0. The fourth-order valence-corrected chi connectivity index (χ4v) is 3.89. The summed E-state index contributed by atoms with van der Waals surface area (Å²) in [6.07, 6.45) is 2.03. The number of carbonyl (C=O) groups excluding carboxylic acids is 1. The largest absolute Gasteiger partial charge is 0.493 e. The Hall–Kier alpha value is -4.00.